The number of rotatable bonds is 3. The van der Waals surface area contributed by atoms with Gasteiger partial charge in [0.15, 0.2) is 0 Å². The Morgan fingerprint density at radius 3 is 2.82 bits per heavy atom. The molecule has 92 valence electrons. The van der Waals surface area contributed by atoms with E-state index in [9.17, 15) is 9.90 Å². The molecule has 1 aliphatic rings. The second-order valence-electron chi connectivity index (χ2n) is 5.13. The maximum atomic E-state index is 11.8. The highest BCUT2D eigenvalue weighted by Gasteiger charge is 2.28. The molecule has 1 amide bonds. The van der Waals surface area contributed by atoms with Crippen molar-refractivity contribution in [3.63, 3.8) is 0 Å². The molecule has 0 aliphatic heterocycles. The van der Waals surface area contributed by atoms with E-state index >= 15 is 0 Å². The third-order valence-electron chi connectivity index (χ3n) is 3.47. The quantitative estimate of drug-likeness (QED) is 0.841. The van der Waals surface area contributed by atoms with E-state index in [4.69, 9.17) is 0 Å². The van der Waals surface area contributed by atoms with Crippen LogP contribution in [0.5, 0.6) is 5.75 Å². The van der Waals surface area contributed by atoms with Crippen LogP contribution in [0.4, 0.5) is 0 Å². The molecule has 0 atom stereocenters. The largest absolute Gasteiger partial charge is 0.506 e. The number of aromatic hydroxyl groups is 1. The monoisotopic (exact) mass is 234 g/mol. The van der Waals surface area contributed by atoms with Crippen LogP contribution in [0.25, 0.3) is 0 Å². The minimum Gasteiger partial charge on any atom is -0.506 e. The van der Waals surface area contributed by atoms with Crippen molar-refractivity contribution >= 4 is 5.91 Å². The molecule has 1 aromatic rings. The van der Waals surface area contributed by atoms with Crippen molar-refractivity contribution in [2.45, 2.75) is 32.6 Å². The molecule has 0 spiro atoms. The maximum Gasteiger partial charge on any atom is 0.253 e. The summed E-state index contributed by atoms with van der Waals surface area (Å²) in [6, 6.07) is 1.43. The lowest BCUT2D eigenvalue weighted by atomic mass is 9.89. The van der Waals surface area contributed by atoms with Crippen molar-refractivity contribution in [3.8, 4) is 5.75 Å². The first-order valence-electron chi connectivity index (χ1n) is 6.01. The van der Waals surface area contributed by atoms with Crippen LogP contribution in [0.3, 0.4) is 0 Å². The topological polar surface area (TPSA) is 62.2 Å². The first kappa shape index (κ1) is 11.9. The standard InChI is InChI=1S/C13H18N2O2/c1-13(4-2-3-5-13)9-15-12(17)10-6-11(16)8-14-7-10/h6-8,16H,2-5,9H2,1H3,(H,15,17). The predicted octanol–water partition coefficient (Wildman–Crippen LogP) is 2.10. The highest BCUT2D eigenvalue weighted by Crippen LogP contribution is 2.36. The van der Waals surface area contributed by atoms with Crippen molar-refractivity contribution in [1.29, 1.82) is 0 Å². The van der Waals surface area contributed by atoms with Gasteiger partial charge in [-0.1, -0.05) is 19.8 Å². The molecule has 17 heavy (non-hydrogen) atoms. The molecule has 0 bridgehead atoms. The van der Waals surface area contributed by atoms with Crippen molar-refractivity contribution in [3.05, 3.63) is 24.0 Å². The third-order valence-corrected chi connectivity index (χ3v) is 3.47. The number of hydrogen-bond donors (Lipinski definition) is 2. The molecule has 0 unspecified atom stereocenters. The average molecular weight is 234 g/mol. The summed E-state index contributed by atoms with van der Waals surface area (Å²) in [5.41, 5.74) is 0.645. The predicted molar refractivity (Wildman–Crippen MR) is 64.8 cm³/mol. The van der Waals surface area contributed by atoms with E-state index in [1.807, 2.05) is 0 Å². The minimum absolute atomic E-state index is 0.0183. The summed E-state index contributed by atoms with van der Waals surface area (Å²) in [5, 5.41) is 12.2. The number of carbonyl (C=O) groups is 1. The summed E-state index contributed by atoms with van der Waals surface area (Å²) in [4.78, 5) is 15.6. The van der Waals surface area contributed by atoms with Crippen molar-refractivity contribution in [2.75, 3.05) is 6.54 Å². The Morgan fingerprint density at radius 2 is 2.18 bits per heavy atom. The molecule has 1 heterocycles. The summed E-state index contributed by atoms with van der Waals surface area (Å²) in [6.45, 7) is 2.91. The molecular formula is C13H18N2O2. The number of nitrogens with zero attached hydrogens (tertiary/aromatic N) is 1. The molecular weight excluding hydrogens is 216 g/mol. The summed E-state index contributed by atoms with van der Waals surface area (Å²) < 4.78 is 0. The summed E-state index contributed by atoms with van der Waals surface area (Å²) >= 11 is 0. The van der Waals surface area contributed by atoms with E-state index < -0.39 is 0 Å². The molecule has 1 aliphatic carbocycles. The van der Waals surface area contributed by atoms with Gasteiger partial charge in [-0.2, -0.15) is 0 Å². The van der Waals surface area contributed by atoms with Gasteiger partial charge in [0.25, 0.3) is 5.91 Å². The second kappa shape index (κ2) is 4.73. The molecule has 4 heteroatoms. The fourth-order valence-electron chi connectivity index (χ4n) is 2.35. The maximum absolute atomic E-state index is 11.8. The van der Waals surface area contributed by atoms with E-state index in [1.165, 1.54) is 44.1 Å². The lowest BCUT2D eigenvalue weighted by Crippen LogP contribution is -2.34. The zero-order chi connectivity index (χ0) is 12.3. The number of aromatic nitrogens is 1. The number of amides is 1. The van der Waals surface area contributed by atoms with Crippen molar-refractivity contribution in [1.82, 2.24) is 10.3 Å². The van der Waals surface area contributed by atoms with Gasteiger partial charge in [0.05, 0.1) is 11.8 Å². The molecule has 2 rings (SSSR count). The molecule has 4 nitrogen and oxygen atoms in total. The Bertz CT molecular complexity index is 412. The zero-order valence-electron chi connectivity index (χ0n) is 10.1. The van der Waals surface area contributed by atoms with E-state index in [1.54, 1.807) is 0 Å². The van der Waals surface area contributed by atoms with Gasteiger partial charge < -0.3 is 10.4 Å². The molecule has 0 aromatic carbocycles. The van der Waals surface area contributed by atoms with Gasteiger partial charge in [-0.15, -0.1) is 0 Å². The van der Waals surface area contributed by atoms with Crippen LogP contribution in [0, 0.1) is 5.41 Å². The molecule has 0 saturated heterocycles. The average Bonchev–Trinajstić information content (AvgIpc) is 2.74. The number of nitrogens with one attached hydrogen (secondary N) is 1. The highest BCUT2D eigenvalue weighted by atomic mass is 16.3. The Hall–Kier alpha value is -1.58. The number of pyridine rings is 1. The van der Waals surface area contributed by atoms with Crippen LogP contribution < -0.4 is 5.32 Å². The van der Waals surface area contributed by atoms with Gasteiger partial charge in [0, 0.05) is 12.7 Å². The van der Waals surface area contributed by atoms with E-state index in [-0.39, 0.29) is 17.1 Å². The van der Waals surface area contributed by atoms with Gasteiger partial charge in [-0.3, -0.25) is 9.78 Å². The Balaban J connectivity index is 1.93. The van der Waals surface area contributed by atoms with Crippen LogP contribution in [0.2, 0.25) is 0 Å². The van der Waals surface area contributed by atoms with Gasteiger partial charge in [-0.05, 0) is 24.3 Å². The fourth-order valence-corrected chi connectivity index (χ4v) is 2.35. The van der Waals surface area contributed by atoms with Gasteiger partial charge in [0.2, 0.25) is 0 Å². The molecule has 1 saturated carbocycles. The van der Waals surface area contributed by atoms with E-state index in [2.05, 4.69) is 17.2 Å². The number of carbonyl (C=O) groups excluding carboxylic acids is 1. The molecule has 1 fully saturated rings. The van der Waals surface area contributed by atoms with Gasteiger partial charge >= 0.3 is 0 Å². The summed E-state index contributed by atoms with van der Waals surface area (Å²) in [7, 11) is 0. The Labute approximate surface area is 101 Å². The van der Waals surface area contributed by atoms with E-state index in [0.29, 0.717) is 12.1 Å². The highest BCUT2D eigenvalue weighted by molar-refractivity contribution is 5.94. The van der Waals surface area contributed by atoms with Crippen molar-refractivity contribution in [2.24, 2.45) is 5.41 Å². The first-order valence-corrected chi connectivity index (χ1v) is 6.01. The lowest BCUT2D eigenvalue weighted by molar-refractivity contribution is 0.0933. The van der Waals surface area contributed by atoms with Gasteiger partial charge in [0.1, 0.15) is 5.75 Å². The Morgan fingerprint density at radius 1 is 1.47 bits per heavy atom. The first-order chi connectivity index (χ1) is 8.09. The number of hydrogen-bond acceptors (Lipinski definition) is 3. The minimum atomic E-state index is -0.165. The summed E-state index contributed by atoms with van der Waals surface area (Å²) in [5.74, 6) is -0.147. The van der Waals surface area contributed by atoms with Crippen LogP contribution in [0.1, 0.15) is 43.0 Å². The molecule has 0 radical (unpaired) electrons. The normalized spacial score (nSPS) is 17.9. The van der Waals surface area contributed by atoms with Crippen molar-refractivity contribution < 1.29 is 9.90 Å². The second-order valence-corrected chi connectivity index (χ2v) is 5.13. The molecule has 2 N–H and O–H groups in total. The molecule has 1 aromatic heterocycles. The van der Waals surface area contributed by atoms with Gasteiger partial charge in [-0.25, -0.2) is 0 Å². The smallest absolute Gasteiger partial charge is 0.253 e. The van der Waals surface area contributed by atoms with E-state index in [0.717, 1.165) is 0 Å². The SMILES string of the molecule is CC1(CNC(=O)c2cncc(O)c2)CCCC1. The Kier molecular flexibility index (Phi) is 3.31. The van der Waals surface area contributed by atoms with Crippen LogP contribution >= 0.6 is 0 Å². The third kappa shape index (κ3) is 2.96. The fraction of sp³-hybridized carbons (Fsp3) is 0.538. The van der Waals surface area contributed by atoms with Crippen LogP contribution in [-0.4, -0.2) is 22.5 Å². The van der Waals surface area contributed by atoms with Crippen LogP contribution in [0.15, 0.2) is 18.5 Å². The summed E-state index contributed by atoms with van der Waals surface area (Å²) in [6.07, 6.45) is 7.62. The lowest BCUT2D eigenvalue weighted by Gasteiger charge is -2.23. The zero-order valence-corrected chi connectivity index (χ0v) is 10.1. The van der Waals surface area contributed by atoms with Crippen LogP contribution in [-0.2, 0) is 0 Å².